The van der Waals surface area contributed by atoms with Crippen molar-refractivity contribution in [2.45, 2.75) is 39.0 Å². The van der Waals surface area contributed by atoms with Crippen LogP contribution >= 0.6 is 0 Å². The number of hydrogen-bond donors (Lipinski definition) is 2. The van der Waals surface area contributed by atoms with Crippen LogP contribution in [0, 0.1) is 24.7 Å². The van der Waals surface area contributed by atoms with E-state index in [-0.39, 0.29) is 11.5 Å². The van der Waals surface area contributed by atoms with Crippen LogP contribution in [0.2, 0.25) is 0 Å². The highest BCUT2D eigenvalue weighted by Gasteiger charge is 2.40. The minimum absolute atomic E-state index is 0.0515. The summed E-state index contributed by atoms with van der Waals surface area (Å²) >= 11 is 0. The number of amides is 1. The lowest BCUT2D eigenvalue weighted by Gasteiger charge is -2.21. The van der Waals surface area contributed by atoms with Crippen LogP contribution in [0.15, 0.2) is 18.2 Å². The van der Waals surface area contributed by atoms with Crippen LogP contribution in [0.4, 0.5) is 5.69 Å². The summed E-state index contributed by atoms with van der Waals surface area (Å²) in [5.41, 5.74) is 1.39. The lowest BCUT2D eigenvalue weighted by molar-refractivity contribution is -0.117. The number of rotatable bonds is 4. The highest BCUT2D eigenvalue weighted by atomic mass is 16.4. The third kappa shape index (κ3) is 2.80. The van der Waals surface area contributed by atoms with Crippen LogP contribution in [-0.4, -0.2) is 17.0 Å². The molecule has 2 bridgehead atoms. The van der Waals surface area contributed by atoms with Gasteiger partial charge in [0, 0.05) is 6.42 Å². The first kappa shape index (κ1) is 14.1. The van der Waals surface area contributed by atoms with E-state index in [4.69, 9.17) is 0 Å². The van der Waals surface area contributed by atoms with Crippen LogP contribution in [0.1, 0.15) is 48.0 Å². The number of carbonyl (C=O) groups is 2. The molecular weight excluding hydrogens is 266 g/mol. The smallest absolute Gasteiger partial charge is 0.337 e. The second kappa shape index (κ2) is 5.51. The second-order valence-corrected chi connectivity index (χ2v) is 6.49. The van der Waals surface area contributed by atoms with Crippen LogP contribution in [-0.2, 0) is 4.79 Å². The third-order valence-corrected chi connectivity index (χ3v) is 5.10. The van der Waals surface area contributed by atoms with E-state index in [9.17, 15) is 14.7 Å². The van der Waals surface area contributed by atoms with Crippen molar-refractivity contribution in [2.24, 2.45) is 17.8 Å². The maximum Gasteiger partial charge on any atom is 0.337 e. The number of carboxylic acids is 1. The Morgan fingerprint density at radius 1 is 1.29 bits per heavy atom. The summed E-state index contributed by atoms with van der Waals surface area (Å²) < 4.78 is 0. The molecule has 21 heavy (non-hydrogen) atoms. The zero-order chi connectivity index (χ0) is 15.0. The minimum Gasteiger partial charge on any atom is -0.478 e. The standard InChI is InChI=1S/C17H21NO3/c1-10-3-2-4-14(17(20)21)16(10)18-15(19)9-13-8-11-5-6-12(13)7-11/h2-4,11-13H,5-9H2,1H3,(H,18,19)(H,20,21). The molecule has 4 heteroatoms. The highest BCUT2D eigenvalue weighted by Crippen LogP contribution is 2.49. The molecule has 1 amide bonds. The predicted molar refractivity (Wildman–Crippen MR) is 80.3 cm³/mol. The molecule has 0 spiro atoms. The minimum atomic E-state index is -1.01. The number of carboxylic acid groups (broad SMARTS) is 1. The molecule has 112 valence electrons. The normalized spacial score (nSPS) is 26.8. The first-order valence-corrected chi connectivity index (χ1v) is 7.67. The summed E-state index contributed by atoms with van der Waals surface area (Å²) in [5, 5.41) is 12.0. The molecule has 0 aliphatic heterocycles. The summed E-state index contributed by atoms with van der Waals surface area (Å²) in [5.74, 6) is 0.955. The molecule has 3 atom stereocenters. The van der Waals surface area contributed by atoms with Gasteiger partial charge in [-0.25, -0.2) is 4.79 Å². The number of aromatic carboxylic acids is 1. The molecule has 2 fully saturated rings. The zero-order valence-electron chi connectivity index (χ0n) is 12.3. The summed E-state index contributed by atoms with van der Waals surface area (Å²) in [4.78, 5) is 23.5. The van der Waals surface area contributed by atoms with Gasteiger partial charge >= 0.3 is 5.97 Å². The van der Waals surface area contributed by atoms with Crippen molar-refractivity contribution < 1.29 is 14.7 Å². The van der Waals surface area contributed by atoms with Crippen molar-refractivity contribution in [3.05, 3.63) is 29.3 Å². The molecule has 2 saturated carbocycles. The Hall–Kier alpha value is -1.84. The lowest BCUT2D eigenvalue weighted by atomic mass is 9.86. The monoisotopic (exact) mass is 287 g/mol. The molecule has 0 radical (unpaired) electrons. The van der Waals surface area contributed by atoms with Gasteiger partial charge in [-0.3, -0.25) is 4.79 Å². The second-order valence-electron chi connectivity index (χ2n) is 6.49. The topological polar surface area (TPSA) is 66.4 Å². The average Bonchev–Trinajstić information content (AvgIpc) is 3.03. The first-order valence-electron chi connectivity index (χ1n) is 7.67. The molecule has 2 aliphatic rings. The Bertz CT molecular complexity index is 581. The maximum absolute atomic E-state index is 12.3. The number of fused-ring (bicyclic) bond motifs is 2. The van der Waals surface area contributed by atoms with E-state index >= 15 is 0 Å². The Balaban J connectivity index is 1.69. The Morgan fingerprint density at radius 2 is 2.10 bits per heavy atom. The average molecular weight is 287 g/mol. The van der Waals surface area contributed by atoms with Gasteiger partial charge < -0.3 is 10.4 Å². The first-order chi connectivity index (χ1) is 10.0. The van der Waals surface area contributed by atoms with E-state index in [1.165, 1.54) is 25.3 Å². The zero-order valence-corrected chi connectivity index (χ0v) is 12.3. The van der Waals surface area contributed by atoms with E-state index in [1.54, 1.807) is 6.07 Å². The molecule has 1 aromatic rings. The van der Waals surface area contributed by atoms with Gasteiger partial charge in [-0.05, 0) is 55.6 Å². The number of anilines is 1. The summed E-state index contributed by atoms with van der Waals surface area (Å²) in [6.45, 7) is 1.82. The lowest BCUT2D eigenvalue weighted by Crippen LogP contribution is -2.21. The molecule has 3 rings (SSSR count). The highest BCUT2D eigenvalue weighted by molar-refractivity contribution is 6.01. The van der Waals surface area contributed by atoms with Crippen LogP contribution in [0.3, 0.4) is 0 Å². The molecule has 0 saturated heterocycles. The van der Waals surface area contributed by atoms with Gasteiger partial charge in [0.2, 0.25) is 5.91 Å². The van der Waals surface area contributed by atoms with Crippen molar-refractivity contribution in [1.29, 1.82) is 0 Å². The fraction of sp³-hybridized carbons (Fsp3) is 0.529. The van der Waals surface area contributed by atoms with Crippen molar-refractivity contribution in [3.63, 3.8) is 0 Å². The van der Waals surface area contributed by atoms with Crippen LogP contribution in [0.5, 0.6) is 0 Å². The maximum atomic E-state index is 12.3. The Morgan fingerprint density at radius 3 is 2.71 bits per heavy atom. The number of nitrogens with one attached hydrogen (secondary N) is 1. The van der Waals surface area contributed by atoms with Gasteiger partial charge in [-0.1, -0.05) is 18.6 Å². The molecule has 4 nitrogen and oxygen atoms in total. The summed E-state index contributed by atoms with van der Waals surface area (Å²) in [7, 11) is 0. The van der Waals surface area contributed by atoms with Gasteiger partial charge in [0.25, 0.3) is 0 Å². The van der Waals surface area contributed by atoms with Gasteiger partial charge in [-0.2, -0.15) is 0 Å². The van der Waals surface area contributed by atoms with E-state index in [0.29, 0.717) is 23.9 Å². The van der Waals surface area contributed by atoms with Crippen LogP contribution in [0.25, 0.3) is 0 Å². The molecule has 3 unspecified atom stereocenters. The largest absolute Gasteiger partial charge is 0.478 e. The quantitative estimate of drug-likeness (QED) is 0.891. The third-order valence-electron chi connectivity index (χ3n) is 5.10. The van der Waals surface area contributed by atoms with E-state index in [0.717, 1.165) is 17.9 Å². The number of hydrogen-bond acceptors (Lipinski definition) is 2. The van der Waals surface area contributed by atoms with Crippen molar-refractivity contribution in [1.82, 2.24) is 0 Å². The van der Waals surface area contributed by atoms with Gasteiger partial charge in [-0.15, -0.1) is 0 Å². The Labute approximate surface area is 124 Å². The summed E-state index contributed by atoms with van der Waals surface area (Å²) in [6, 6.07) is 5.05. The molecule has 2 aliphatic carbocycles. The van der Waals surface area contributed by atoms with E-state index < -0.39 is 5.97 Å². The number of para-hydroxylation sites is 1. The number of carbonyl (C=O) groups excluding carboxylic acids is 1. The molecule has 1 aromatic carbocycles. The van der Waals surface area contributed by atoms with Gasteiger partial charge in [0.1, 0.15) is 0 Å². The number of aryl methyl sites for hydroxylation is 1. The van der Waals surface area contributed by atoms with E-state index in [2.05, 4.69) is 5.32 Å². The molecule has 0 aromatic heterocycles. The number of benzene rings is 1. The Kier molecular flexibility index (Phi) is 3.70. The van der Waals surface area contributed by atoms with E-state index in [1.807, 2.05) is 13.0 Å². The predicted octanol–water partition coefficient (Wildman–Crippen LogP) is 3.46. The fourth-order valence-electron chi connectivity index (χ4n) is 4.07. The summed E-state index contributed by atoms with van der Waals surface area (Å²) in [6.07, 6.45) is 5.55. The molecular formula is C17H21NO3. The molecule has 2 N–H and O–H groups in total. The van der Waals surface area contributed by atoms with Gasteiger partial charge in [0.15, 0.2) is 0 Å². The van der Waals surface area contributed by atoms with Crippen LogP contribution < -0.4 is 5.32 Å². The molecule has 0 heterocycles. The van der Waals surface area contributed by atoms with Gasteiger partial charge in [0.05, 0.1) is 11.3 Å². The van der Waals surface area contributed by atoms with Crippen molar-refractivity contribution >= 4 is 17.6 Å². The van der Waals surface area contributed by atoms with Crippen molar-refractivity contribution in [3.8, 4) is 0 Å². The van der Waals surface area contributed by atoms with Crippen molar-refractivity contribution in [2.75, 3.05) is 5.32 Å². The fourth-order valence-corrected chi connectivity index (χ4v) is 4.07. The SMILES string of the molecule is Cc1cccc(C(=O)O)c1NC(=O)CC1CC2CCC1C2.